The molecule has 2 saturated heterocycles. The Morgan fingerprint density at radius 3 is 2.60 bits per heavy atom. The lowest BCUT2D eigenvalue weighted by atomic mass is 9.85. The molecule has 2 rings (SSSR count). The van der Waals surface area contributed by atoms with E-state index >= 15 is 0 Å². The van der Waals surface area contributed by atoms with E-state index in [-0.39, 0.29) is 0 Å². The van der Waals surface area contributed by atoms with E-state index in [9.17, 15) is 0 Å². The zero-order valence-corrected chi connectivity index (χ0v) is 13.8. The smallest absolute Gasteiger partial charge is 0.0594 e. The highest BCUT2D eigenvalue weighted by Crippen LogP contribution is 2.26. The molecule has 20 heavy (non-hydrogen) atoms. The van der Waals surface area contributed by atoms with E-state index in [1.807, 2.05) is 0 Å². The van der Waals surface area contributed by atoms with Crippen molar-refractivity contribution in [2.24, 2.45) is 5.41 Å². The zero-order chi connectivity index (χ0) is 14.6. The van der Waals surface area contributed by atoms with Gasteiger partial charge in [-0.3, -0.25) is 4.90 Å². The molecule has 0 aromatic carbocycles. The Kier molecular flexibility index (Phi) is 5.84. The highest BCUT2D eigenvalue weighted by atomic mass is 16.5. The van der Waals surface area contributed by atoms with Crippen LogP contribution in [-0.4, -0.2) is 74.4 Å². The molecule has 118 valence electrons. The van der Waals surface area contributed by atoms with Crippen molar-refractivity contribution >= 4 is 0 Å². The molecule has 0 bridgehead atoms. The minimum Gasteiger partial charge on any atom is -0.379 e. The fraction of sp³-hybridized carbons (Fsp3) is 1.00. The largest absolute Gasteiger partial charge is 0.379 e. The average Bonchev–Trinajstić information content (AvgIpc) is 2.88. The lowest BCUT2D eigenvalue weighted by molar-refractivity contribution is 0.0175. The van der Waals surface area contributed by atoms with E-state index in [0.717, 1.165) is 38.9 Å². The molecular formula is C16H33N3O. The Labute approximate surface area is 124 Å². The van der Waals surface area contributed by atoms with Gasteiger partial charge < -0.3 is 15.0 Å². The summed E-state index contributed by atoms with van der Waals surface area (Å²) in [5.74, 6) is 0. The highest BCUT2D eigenvalue weighted by molar-refractivity contribution is 4.90. The molecule has 0 spiro atoms. The molecule has 2 aliphatic heterocycles. The first-order valence-corrected chi connectivity index (χ1v) is 8.30. The van der Waals surface area contributed by atoms with Crippen molar-refractivity contribution in [3.63, 3.8) is 0 Å². The average molecular weight is 283 g/mol. The van der Waals surface area contributed by atoms with E-state index in [0.29, 0.717) is 11.5 Å². The minimum absolute atomic E-state index is 0.329. The topological polar surface area (TPSA) is 27.7 Å². The van der Waals surface area contributed by atoms with Crippen molar-refractivity contribution in [2.75, 3.05) is 52.5 Å². The first-order valence-electron chi connectivity index (χ1n) is 8.30. The van der Waals surface area contributed by atoms with E-state index in [1.54, 1.807) is 0 Å². The molecule has 2 atom stereocenters. The number of likely N-dealkylation sites (tertiary alicyclic amines) is 1. The van der Waals surface area contributed by atoms with Crippen molar-refractivity contribution in [3.8, 4) is 0 Å². The fourth-order valence-corrected chi connectivity index (χ4v) is 3.49. The number of nitrogens with zero attached hydrogens (tertiary/aromatic N) is 2. The molecule has 0 amide bonds. The molecule has 0 saturated carbocycles. The van der Waals surface area contributed by atoms with E-state index < -0.39 is 0 Å². The summed E-state index contributed by atoms with van der Waals surface area (Å²) < 4.78 is 5.46. The Morgan fingerprint density at radius 1 is 1.25 bits per heavy atom. The molecule has 2 fully saturated rings. The number of ether oxygens (including phenoxy) is 1. The van der Waals surface area contributed by atoms with Crippen LogP contribution in [0.3, 0.4) is 0 Å². The van der Waals surface area contributed by atoms with Gasteiger partial charge in [-0.1, -0.05) is 20.8 Å². The van der Waals surface area contributed by atoms with Crippen LogP contribution in [0.5, 0.6) is 0 Å². The van der Waals surface area contributed by atoms with Crippen LogP contribution in [-0.2, 0) is 4.74 Å². The summed E-state index contributed by atoms with van der Waals surface area (Å²) in [7, 11) is 0. The molecule has 1 N–H and O–H groups in total. The van der Waals surface area contributed by atoms with Gasteiger partial charge in [0.1, 0.15) is 0 Å². The van der Waals surface area contributed by atoms with Gasteiger partial charge in [-0.2, -0.15) is 0 Å². The summed E-state index contributed by atoms with van der Waals surface area (Å²) in [5, 5.41) is 3.58. The summed E-state index contributed by atoms with van der Waals surface area (Å²) in [4.78, 5) is 5.29. The standard InChI is InChI=1S/C16H33N3O/c1-5-17-14(2)16(3,4)13-18-7-6-15(12-18)19-8-10-20-11-9-19/h14-15,17H,5-13H2,1-4H3. The lowest BCUT2D eigenvalue weighted by Crippen LogP contribution is -2.48. The molecule has 0 aliphatic carbocycles. The number of nitrogens with one attached hydrogen (secondary N) is 1. The van der Waals surface area contributed by atoms with Crippen molar-refractivity contribution < 1.29 is 4.74 Å². The monoisotopic (exact) mass is 283 g/mol. The van der Waals surface area contributed by atoms with Gasteiger partial charge in [-0.15, -0.1) is 0 Å². The van der Waals surface area contributed by atoms with Crippen LogP contribution in [0.1, 0.15) is 34.1 Å². The second-order valence-corrected chi connectivity index (χ2v) is 7.09. The molecule has 4 heteroatoms. The number of hydrogen-bond acceptors (Lipinski definition) is 4. The zero-order valence-electron chi connectivity index (χ0n) is 13.8. The number of hydrogen-bond donors (Lipinski definition) is 1. The number of rotatable bonds is 6. The molecule has 2 aliphatic rings. The second kappa shape index (κ2) is 7.21. The van der Waals surface area contributed by atoms with Crippen LogP contribution < -0.4 is 5.32 Å². The third kappa shape index (κ3) is 4.17. The van der Waals surface area contributed by atoms with Gasteiger partial charge >= 0.3 is 0 Å². The Bertz CT molecular complexity index is 289. The van der Waals surface area contributed by atoms with Crippen molar-refractivity contribution in [3.05, 3.63) is 0 Å². The predicted molar refractivity (Wildman–Crippen MR) is 84.2 cm³/mol. The summed E-state index contributed by atoms with van der Waals surface area (Å²) in [6, 6.07) is 1.32. The van der Waals surface area contributed by atoms with Crippen LogP contribution in [0.25, 0.3) is 0 Å². The first-order chi connectivity index (χ1) is 9.53. The summed E-state index contributed by atoms with van der Waals surface area (Å²) in [6.45, 7) is 18.1. The van der Waals surface area contributed by atoms with Gasteiger partial charge in [0.05, 0.1) is 13.2 Å². The quantitative estimate of drug-likeness (QED) is 0.798. The maximum atomic E-state index is 5.46. The van der Waals surface area contributed by atoms with Gasteiger partial charge in [0.15, 0.2) is 0 Å². The Morgan fingerprint density at radius 2 is 1.95 bits per heavy atom. The van der Waals surface area contributed by atoms with Crippen LogP contribution in [0.2, 0.25) is 0 Å². The maximum absolute atomic E-state index is 5.46. The summed E-state index contributed by atoms with van der Waals surface area (Å²) in [6.07, 6.45) is 1.33. The van der Waals surface area contributed by atoms with E-state index in [2.05, 4.69) is 42.8 Å². The van der Waals surface area contributed by atoms with Crippen LogP contribution >= 0.6 is 0 Å². The van der Waals surface area contributed by atoms with Gasteiger partial charge in [0.2, 0.25) is 0 Å². The SMILES string of the molecule is CCNC(C)C(C)(C)CN1CCC(N2CCOCC2)C1. The van der Waals surface area contributed by atoms with E-state index in [1.165, 1.54) is 26.1 Å². The van der Waals surface area contributed by atoms with Gasteiger partial charge in [0, 0.05) is 38.3 Å². The summed E-state index contributed by atoms with van der Waals surface area (Å²) >= 11 is 0. The molecule has 0 aromatic rings. The third-order valence-corrected chi connectivity index (χ3v) is 5.12. The van der Waals surface area contributed by atoms with Crippen LogP contribution in [0.4, 0.5) is 0 Å². The maximum Gasteiger partial charge on any atom is 0.0594 e. The number of morpholine rings is 1. The van der Waals surface area contributed by atoms with Gasteiger partial charge in [0.25, 0.3) is 0 Å². The lowest BCUT2D eigenvalue weighted by Gasteiger charge is -2.37. The van der Waals surface area contributed by atoms with Crippen molar-refractivity contribution in [1.82, 2.24) is 15.1 Å². The highest BCUT2D eigenvalue weighted by Gasteiger charge is 2.33. The molecule has 2 heterocycles. The summed E-state index contributed by atoms with van der Waals surface area (Å²) in [5.41, 5.74) is 0.329. The molecule has 0 aromatic heterocycles. The third-order valence-electron chi connectivity index (χ3n) is 5.12. The van der Waals surface area contributed by atoms with E-state index in [4.69, 9.17) is 4.74 Å². The fourth-order valence-electron chi connectivity index (χ4n) is 3.49. The predicted octanol–water partition coefficient (Wildman–Crippen LogP) is 1.42. The molecule has 2 unspecified atom stereocenters. The molecule has 0 radical (unpaired) electrons. The molecular weight excluding hydrogens is 250 g/mol. The van der Waals surface area contributed by atoms with Crippen LogP contribution in [0.15, 0.2) is 0 Å². The first kappa shape index (κ1) is 16.2. The Balaban J connectivity index is 1.80. The van der Waals surface area contributed by atoms with Crippen LogP contribution in [0, 0.1) is 5.41 Å². The van der Waals surface area contributed by atoms with Gasteiger partial charge in [-0.05, 0) is 31.8 Å². The minimum atomic E-state index is 0.329. The second-order valence-electron chi connectivity index (χ2n) is 7.09. The van der Waals surface area contributed by atoms with Gasteiger partial charge in [-0.25, -0.2) is 0 Å². The normalized spacial score (nSPS) is 27.9. The Hall–Kier alpha value is -0.160. The van der Waals surface area contributed by atoms with Crippen molar-refractivity contribution in [1.29, 1.82) is 0 Å². The molecule has 4 nitrogen and oxygen atoms in total. The van der Waals surface area contributed by atoms with Crippen molar-refractivity contribution in [2.45, 2.75) is 46.2 Å².